The number of carbonyl (C=O) groups is 2. The van der Waals surface area contributed by atoms with E-state index in [2.05, 4.69) is 20.6 Å². The summed E-state index contributed by atoms with van der Waals surface area (Å²) in [7, 11) is 0. The lowest BCUT2D eigenvalue weighted by Gasteiger charge is -2.13. The summed E-state index contributed by atoms with van der Waals surface area (Å²) in [5.74, 6) is -1.15. The van der Waals surface area contributed by atoms with Crippen LogP contribution in [0.1, 0.15) is 17.3 Å². The zero-order chi connectivity index (χ0) is 18.7. The molecule has 0 unspecified atom stereocenters. The quantitative estimate of drug-likeness (QED) is 0.360. The highest BCUT2D eigenvalue weighted by Gasteiger charge is 2.37. The maximum absolute atomic E-state index is 12.5. The average Bonchev–Trinajstić information content (AvgIpc) is 2.94. The molecular formula is C16H13N6O4-. The Labute approximate surface area is 147 Å². The van der Waals surface area contributed by atoms with Crippen LogP contribution in [-0.2, 0) is 4.79 Å². The molecule has 0 radical (unpaired) electrons. The van der Waals surface area contributed by atoms with Gasteiger partial charge in [-0.05, 0) is 31.2 Å². The second kappa shape index (κ2) is 6.97. The van der Waals surface area contributed by atoms with Gasteiger partial charge >= 0.3 is 0 Å². The van der Waals surface area contributed by atoms with Crippen molar-refractivity contribution in [1.29, 1.82) is 0 Å². The average molecular weight is 353 g/mol. The van der Waals surface area contributed by atoms with Gasteiger partial charge in [-0.15, -0.1) is 0 Å². The predicted octanol–water partition coefficient (Wildman–Crippen LogP) is 0.329. The normalized spacial score (nSPS) is 18.8. The van der Waals surface area contributed by atoms with E-state index >= 15 is 0 Å². The van der Waals surface area contributed by atoms with E-state index in [1.807, 2.05) is 0 Å². The Bertz CT molecular complexity index is 879. The van der Waals surface area contributed by atoms with Crippen LogP contribution in [0, 0.1) is 10.4 Å². The number of rotatable bonds is 3. The van der Waals surface area contributed by atoms with Gasteiger partial charge in [0, 0.05) is 24.5 Å². The maximum Gasteiger partial charge on any atom is 0.282 e. The van der Waals surface area contributed by atoms with Gasteiger partial charge in [0.1, 0.15) is 0 Å². The van der Waals surface area contributed by atoms with Gasteiger partial charge in [-0.2, -0.15) is 20.1 Å². The van der Waals surface area contributed by atoms with E-state index in [0.29, 0.717) is 11.4 Å². The van der Waals surface area contributed by atoms with E-state index in [4.69, 9.17) is 0 Å². The second-order valence-electron chi connectivity index (χ2n) is 5.39. The van der Waals surface area contributed by atoms with Gasteiger partial charge < -0.3 is 10.4 Å². The molecule has 0 saturated carbocycles. The summed E-state index contributed by atoms with van der Waals surface area (Å²) in [5.41, 5.74) is 3.60. The van der Waals surface area contributed by atoms with Crippen molar-refractivity contribution < 1.29 is 14.5 Å². The summed E-state index contributed by atoms with van der Waals surface area (Å²) in [4.78, 5) is 28.1. The van der Waals surface area contributed by atoms with Crippen molar-refractivity contribution in [3.8, 4) is 0 Å². The standard InChI is InChI=1S/C16H13N6O4/c1-10-14(19-18-12-4-6-13(7-5-12)22(25)26)16(24)21(20-10)15(23)11-3-2-8-17-9-11/h2-9,14,19H,1H3/q-1/t14-/m0/s1. The molecule has 1 atom stereocenters. The zero-order valence-electron chi connectivity index (χ0n) is 13.6. The lowest BCUT2D eigenvalue weighted by atomic mass is 10.1. The van der Waals surface area contributed by atoms with Crippen LogP contribution in [0.4, 0.5) is 0 Å². The van der Waals surface area contributed by atoms with Crippen LogP contribution < -0.4 is 5.43 Å². The van der Waals surface area contributed by atoms with Crippen molar-refractivity contribution in [2.75, 3.05) is 0 Å². The van der Waals surface area contributed by atoms with Crippen LogP contribution in [0.2, 0.25) is 0 Å². The summed E-state index contributed by atoms with van der Waals surface area (Å²) in [6, 6.07) is 2.23. The lowest BCUT2D eigenvalue weighted by Crippen LogP contribution is -2.42. The number of nitrogens with zero attached hydrogens (tertiary/aromatic N) is 5. The largest absolute Gasteiger partial charge is 0.612 e. The smallest absolute Gasteiger partial charge is 0.282 e. The van der Waals surface area contributed by atoms with Crippen molar-refractivity contribution in [1.82, 2.24) is 15.4 Å². The summed E-state index contributed by atoms with van der Waals surface area (Å²) in [5, 5.41) is 30.1. The summed E-state index contributed by atoms with van der Waals surface area (Å²) in [6.07, 6.45) is 8.35. The van der Waals surface area contributed by atoms with E-state index in [-0.39, 0.29) is 11.3 Å². The zero-order valence-corrected chi connectivity index (χ0v) is 13.6. The molecule has 3 rings (SSSR count). The van der Waals surface area contributed by atoms with Crippen molar-refractivity contribution in [3.63, 3.8) is 0 Å². The third kappa shape index (κ3) is 3.34. The minimum absolute atomic E-state index is 0.0631. The van der Waals surface area contributed by atoms with Gasteiger partial charge in [0.2, 0.25) is 5.71 Å². The number of hydrazone groups is 2. The number of carbonyl (C=O) groups excluding carboxylic acids is 2. The highest BCUT2D eigenvalue weighted by atomic mass is 16.8. The molecule has 2 aliphatic rings. The first-order chi connectivity index (χ1) is 12.5. The summed E-state index contributed by atoms with van der Waals surface area (Å²) >= 11 is 0. The third-order valence-electron chi connectivity index (χ3n) is 3.62. The van der Waals surface area contributed by atoms with Crippen LogP contribution in [0.15, 0.2) is 59.0 Å². The van der Waals surface area contributed by atoms with Crippen LogP contribution in [0.5, 0.6) is 0 Å². The Balaban J connectivity index is 1.71. The van der Waals surface area contributed by atoms with Crippen LogP contribution in [-0.4, -0.2) is 49.9 Å². The maximum atomic E-state index is 12.5. The first kappa shape index (κ1) is 17.0. The molecule has 0 saturated heterocycles. The molecule has 1 aromatic heterocycles. The van der Waals surface area contributed by atoms with Crippen molar-refractivity contribution in [3.05, 3.63) is 64.8 Å². The highest BCUT2D eigenvalue weighted by molar-refractivity contribution is 6.19. The highest BCUT2D eigenvalue weighted by Crippen LogP contribution is 2.14. The number of aromatic nitrogens is 1. The third-order valence-corrected chi connectivity index (χ3v) is 3.62. The molecule has 2 heterocycles. The van der Waals surface area contributed by atoms with Crippen LogP contribution >= 0.6 is 0 Å². The number of amides is 2. The topological polar surface area (TPSA) is 136 Å². The SMILES string of the molecule is CC1=NN(C(=O)c2cccnc2)C(=O)[C@H]1NN=C1C=CC(=[N+]([O-])[O-])C=C1. The molecule has 10 heteroatoms. The Morgan fingerprint density at radius 2 is 2.04 bits per heavy atom. The molecule has 2 amide bonds. The Morgan fingerprint density at radius 3 is 2.65 bits per heavy atom. The molecule has 0 fully saturated rings. The van der Waals surface area contributed by atoms with E-state index in [1.165, 1.54) is 42.8 Å². The monoisotopic (exact) mass is 353 g/mol. The first-order valence-electron chi connectivity index (χ1n) is 7.51. The van der Waals surface area contributed by atoms with Gasteiger partial charge in [0.15, 0.2) is 6.04 Å². The lowest BCUT2D eigenvalue weighted by molar-refractivity contribution is -0.377. The Morgan fingerprint density at radius 1 is 1.31 bits per heavy atom. The number of nitrogens with one attached hydrogen (secondary N) is 1. The first-order valence-corrected chi connectivity index (χ1v) is 7.51. The fourth-order valence-corrected chi connectivity index (χ4v) is 2.26. The molecule has 0 aromatic carbocycles. The van der Waals surface area contributed by atoms with Gasteiger partial charge in [-0.25, -0.2) is 0 Å². The molecule has 1 aliphatic carbocycles. The number of hydrogen-bond acceptors (Lipinski definition) is 8. The van der Waals surface area contributed by atoms with E-state index < -0.39 is 22.8 Å². The molecular weight excluding hydrogens is 340 g/mol. The number of allylic oxidation sites excluding steroid dienone is 4. The Kier molecular flexibility index (Phi) is 4.56. The van der Waals surface area contributed by atoms with Crippen LogP contribution in [0.25, 0.3) is 0 Å². The van der Waals surface area contributed by atoms with Gasteiger partial charge in [-0.3, -0.25) is 20.0 Å². The molecule has 1 N–H and O–H groups in total. The molecule has 0 bridgehead atoms. The second-order valence-corrected chi connectivity index (χ2v) is 5.39. The fraction of sp³-hybridized carbons (Fsp3) is 0.125. The molecule has 132 valence electrons. The van der Waals surface area contributed by atoms with Crippen molar-refractivity contribution in [2.45, 2.75) is 13.0 Å². The fourth-order valence-electron chi connectivity index (χ4n) is 2.26. The van der Waals surface area contributed by atoms with Crippen molar-refractivity contribution in [2.24, 2.45) is 10.2 Å². The number of pyridine rings is 1. The minimum Gasteiger partial charge on any atom is -0.612 e. The molecule has 26 heavy (non-hydrogen) atoms. The van der Waals surface area contributed by atoms with Crippen LogP contribution in [0.3, 0.4) is 0 Å². The molecule has 10 nitrogen and oxygen atoms in total. The number of hydrogen-bond donors (Lipinski definition) is 1. The molecule has 0 spiro atoms. The van der Waals surface area contributed by atoms with E-state index in [0.717, 1.165) is 5.01 Å². The van der Waals surface area contributed by atoms with Crippen molar-refractivity contribution >= 4 is 28.9 Å². The Hall–Kier alpha value is -3.82. The van der Waals surface area contributed by atoms with Gasteiger partial charge in [0.05, 0.1) is 17.0 Å². The predicted molar refractivity (Wildman–Crippen MR) is 93.2 cm³/mol. The summed E-state index contributed by atoms with van der Waals surface area (Å²) < 4.78 is 0. The molecule has 1 aromatic rings. The van der Waals surface area contributed by atoms with E-state index in [9.17, 15) is 20.0 Å². The molecule has 1 aliphatic heterocycles. The minimum atomic E-state index is -0.897. The van der Waals surface area contributed by atoms with Gasteiger partial charge in [-0.1, -0.05) is 0 Å². The number of imide groups is 1. The van der Waals surface area contributed by atoms with E-state index in [1.54, 1.807) is 13.0 Å². The van der Waals surface area contributed by atoms with Gasteiger partial charge in [0.25, 0.3) is 11.8 Å². The summed E-state index contributed by atoms with van der Waals surface area (Å²) in [6.45, 7) is 1.59.